The van der Waals surface area contributed by atoms with Crippen LogP contribution in [0.1, 0.15) is 11.1 Å². The molecule has 4 aromatic carbocycles. The number of nitro benzene ring substituents is 1. The van der Waals surface area contributed by atoms with Crippen LogP contribution in [-0.4, -0.2) is 29.9 Å². The predicted molar refractivity (Wildman–Crippen MR) is 163 cm³/mol. The van der Waals surface area contributed by atoms with E-state index < -0.39 is 4.92 Å². The molecule has 0 spiro atoms. The van der Waals surface area contributed by atoms with Gasteiger partial charge in [-0.2, -0.15) is 5.26 Å². The number of halogens is 1. The number of aliphatic imine (C=N–C) groups is 1. The lowest BCUT2D eigenvalue weighted by Gasteiger charge is -2.14. The van der Waals surface area contributed by atoms with Gasteiger partial charge in [0.15, 0.2) is 5.82 Å². The molecule has 0 aliphatic carbocycles. The summed E-state index contributed by atoms with van der Waals surface area (Å²) in [5, 5.41) is 21.9. The van der Waals surface area contributed by atoms with E-state index in [2.05, 4.69) is 22.0 Å². The second-order valence-corrected chi connectivity index (χ2v) is 9.83. The van der Waals surface area contributed by atoms with Gasteiger partial charge < -0.3 is 9.47 Å². The van der Waals surface area contributed by atoms with Crippen molar-refractivity contribution in [1.29, 1.82) is 5.26 Å². The molecule has 0 saturated carbocycles. The molecule has 0 N–H and O–H groups in total. The Labute approximate surface area is 245 Å². The number of nitriles is 1. The Hall–Kier alpha value is -5.20. The number of methoxy groups -OCH3 is 2. The molecule has 0 radical (unpaired) electrons. The van der Waals surface area contributed by atoms with E-state index >= 15 is 0 Å². The maximum absolute atomic E-state index is 11.4. The van der Waals surface area contributed by atoms with E-state index in [1.807, 2.05) is 77.4 Å². The van der Waals surface area contributed by atoms with E-state index in [9.17, 15) is 15.4 Å². The second-order valence-electron chi connectivity index (χ2n) is 8.91. The van der Waals surface area contributed by atoms with E-state index in [0.717, 1.165) is 21.3 Å². The maximum Gasteiger partial charge on any atom is 0.269 e. The molecule has 0 bridgehead atoms. The highest BCUT2D eigenvalue weighted by Crippen LogP contribution is 2.45. The number of hydrogen-bond donors (Lipinski definition) is 0. The SMILES string of the molecule is COc1ccc(-c2c(-c3ccc([N+](=O)[O-])cc3)c(C#N)c(/N=C/c3ccc(Br)cc3)n2-c2ccc(OC)cc2)cc1. The highest BCUT2D eigenvalue weighted by molar-refractivity contribution is 9.10. The summed E-state index contributed by atoms with van der Waals surface area (Å²) in [7, 11) is 3.20. The molecule has 0 aliphatic rings. The van der Waals surface area contributed by atoms with E-state index in [0.29, 0.717) is 39.7 Å². The molecule has 5 aromatic rings. The zero-order valence-corrected chi connectivity index (χ0v) is 23.7. The molecular formula is C32H23BrN4O4. The summed E-state index contributed by atoms with van der Waals surface area (Å²) in [5.74, 6) is 1.78. The van der Waals surface area contributed by atoms with Crippen LogP contribution in [0.5, 0.6) is 11.5 Å². The van der Waals surface area contributed by atoms with Crippen LogP contribution in [0.4, 0.5) is 11.5 Å². The third kappa shape index (κ3) is 5.60. The van der Waals surface area contributed by atoms with Crippen LogP contribution in [0.15, 0.2) is 107 Å². The minimum Gasteiger partial charge on any atom is -0.497 e. The lowest BCUT2D eigenvalue weighted by atomic mass is 9.97. The van der Waals surface area contributed by atoms with Crippen LogP contribution in [0.25, 0.3) is 28.1 Å². The van der Waals surface area contributed by atoms with Gasteiger partial charge in [0, 0.05) is 34.1 Å². The monoisotopic (exact) mass is 606 g/mol. The van der Waals surface area contributed by atoms with Crippen molar-refractivity contribution in [3.8, 4) is 45.6 Å². The molecular weight excluding hydrogens is 584 g/mol. The summed E-state index contributed by atoms with van der Waals surface area (Å²) in [6.07, 6.45) is 1.71. The zero-order chi connectivity index (χ0) is 28.9. The molecule has 41 heavy (non-hydrogen) atoms. The Morgan fingerprint density at radius 1 is 0.854 bits per heavy atom. The topological polar surface area (TPSA) is 103 Å². The highest BCUT2D eigenvalue weighted by Gasteiger charge is 2.26. The second kappa shape index (κ2) is 11.9. The quantitative estimate of drug-likeness (QED) is 0.101. The molecule has 0 atom stereocenters. The van der Waals surface area contributed by atoms with E-state index in [1.165, 1.54) is 12.1 Å². The van der Waals surface area contributed by atoms with Crippen LogP contribution in [0, 0.1) is 21.4 Å². The zero-order valence-electron chi connectivity index (χ0n) is 22.1. The van der Waals surface area contributed by atoms with Crippen molar-refractivity contribution in [2.45, 2.75) is 0 Å². The third-order valence-corrected chi connectivity index (χ3v) is 7.05. The standard InChI is InChI=1S/C32H23BrN4O4/c1-40-27-15-7-23(8-16-27)31-30(22-5-11-26(12-6-22)37(38)39)29(19-34)32(35-20-21-3-9-24(33)10-4-21)36(31)25-13-17-28(41-2)18-14-25/h3-18,20H,1-2H3/b35-20+. The number of hydrogen-bond acceptors (Lipinski definition) is 6. The molecule has 202 valence electrons. The first-order chi connectivity index (χ1) is 19.9. The van der Waals surface area contributed by atoms with Gasteiger partial charge in [-0.25, -0.2) is 4.99 Å². The van der Waals surface area contributed by atoms with Crippen LogP contribution in [-0.2, 0) is 0 Å². The summed E-state index contributed by atoms with van der Waals surface area (Å²) in [4.78, 5) is 15.8. The highest BCUT2D eigenvalue weighted by atomic mass is 79.9. The Bertz CT molecular complexity index is 1770. The summed E-state index contributed by atoms with van der Waals surface area (Å²) in [5.41, 5.74) is 4.64. The summed E-state index contributed by atoms with van der Waals surface area (Å²) < 4.78 is 13.6. The van der Waals surface area contributed by atoms with E-state index in [-0.39, 0.29) is 5.69 Å². The fourth-order valence-electron chi connectivity index (χ4n) is 4.51. The van der Waals surface area contributed by atoms with Gasteiger partial charge in [-0.05, 0) is 89.5 Å². The van der Waals surface area contributed by atoms with Crippen molar-refractivity contribution >= 4 is 33.6 Å². The number of aromatic nitrogens is 1. The lowest BCUT2D eigenvalue weighted by molar-refractivity contribution is -0.384. The number of ether oxygens (including phenoxy) is 2. The minimum atomic E-state index is -0.449. The molecule has 0 amide bonds. The largest absolute Gasteiger partial charge is 0.497 e. The van der Waals surface area contributed by atoms with Crippen LogP contribution >= 0.6 is 15.9 Å². The third-order valence-electron chi connectivity index (χ3n) is 6.52. The van der Waals surface area contributed by atoms with Gasteiger partial charge in [0.2, 0.25) is 0 Å². The van der Waals surface area contributed by atoms with Gasteiger partial charge in [-0.1, -0.05) is 28.1 Å². The van der Waals surface area contributed by atoms with Crippen molar-refractivity contribution in [3.63, 3.8) is 0 Å². The molecule has 0 saturated heterocycles. The normalized spacial score (nSPS) is 10.9. The van der Waals surface area contributed by atoms with Crippen LogP contribution in [0.2, 0.25) is 0 Å². The van der Waals surface area contributed by atoms with Crippen LogP contribution in [0.3, 0.4) is 0 Å². The molecule has 0 aliphatic heterocycles. The summed E-state index contributed by atoms with van der Waals surface area (Å²) >= 11 is 3.45. The maximum atomic E-state index is 11.4. The van der Waals surface area contributed by atoms with Gasteiger partial charge in [-0.3, -0.25) is 14.7 Å². The molecule has 5 rings (SSSR count). The first-order valence-electron chi connectivity index (χ1n) is 12.5. The van der Waals surface area contributed by atoms with Gasteiger partial charge >= 0.3 is 0 Å². The fraction of sp³-hybridized carbons (Fsp3) is 0.0625. The Morgan fingerprint density at radius 2 is 1.41 bits per heavy atom. The number of non-ortho nitro benzene ring substituents is 1. The van der Waals surface area contributed by atoms with Gasteiger partial charge in [0.05, 0.1) is 24.8 Å². The van der Waals surface area contributed by atoms with Crippen molar-refractivity contribution in [2.75, 3.05) is 14.2 Å². The Morgan fingerprint density at radius 3 is 1.95 bits per heavy atom. The Kier molecular flexibility index (Phi) is 7.94. The van der Waals surface area contributed by atoms with Crippen molar-refractivity contribution in [3.05, 3.63) is 123 Å². The Balaban J connectivity index is 1.85. The predicted octanol–water partition coefficient (Wildman–Crippen LogP) is 8.12. The van der Waals surface area contributed by atoms with Crippen molar-refractivity contribution < 1.29 is 14.4 Å². The summed E-state index contributed by atoms with van der Waals surface area (Å²) in [6.45, 7) is 0. The molecule has 9 heteroatoms. The molecule has 1 aromatic heterocycles. The van der Waals surface area contributed by atoms with E-state index in [1.54, 1.807) is 32.6 Å². The van der Waals surface area contributed by atoms with Crippen molar-refractivity contribution in [1.82, 2.24) is 4.57 Å². The number of benzene rings is 4. The van der Waals surface area contributed by atoms with E-state index in [4.69, 9.17) is 14.5 Å². The van der Waals surface area contributed by atoms with Gasteiger partial charge in [0.1, 0.15) is 23.1 Å². The average Bonchev–Trinajstić information content (AvgIpc) is 3.35. The molecule has 1 heterocycles. The van der Waals surface area contributed by atoms with Gasteiger partial charge in [-0.15, -0.1) is 0 Å². The average molecular weight is 607 g/mol. The van der Waals surface area contributed by atoms with Crippen molar-refractivity contribution in [2.24, 2.45) is 4.99 Å². The smallest absolute Gasteiger partial charge is 0.269 e. The number of rotatable bonds is 8. The molecule has 0 fully saturated rings. The first-order valence-corrected chi connectivity index (χ1v) is 13.2. The minimum absolute atomic E-state index is 0.0404. The fourth-order valence-corrected chi connectivity index (χ4v) is 4.77. The molecule has 0 unspecified atom stereocenters. The first kappa shape index (κ1) is 27.4. The lowest BCUT2D eigenvalue weighted by Crippen LogP contribution is -1.98. The molecule has 8 nitrogen and oxygen atoms in total. The van der Waals surface area contributed by atoms with Crippen LogP contribution < -0.4 is 9.47 Å². The summed E-state index contributed by atoms with van der Waals surface area (Å²) in [6, 6.07) is 31.2. The number of nitro groups is 1. The number of nitrogens with zero attached hydrogens (tertiary/aromatic N) is 4. The van der Waals surface area contributed by atoms with Gasteiger partial charge in [0.25, 0.3) is 5.69 Å².